The van der Waals surface area contributed by atoms with Crippen LogP contribution in [0.1, 0.15) is 39.2 Å². The Labute approximate surface area is 164 Å². The van der Waals surface area contributed by atoms with E-state index in [0.717, 1.165) is 38.0 Å². The van der Waals surface area contributed by atoms with Gasteiger partial charge < -0.3 is 14.5 Å². The van der Waals surface area contributed by atoms with Gasteiger partial charge in [0.2, 0.25) is 5.91 Å². The van der Waals surface area contributed by atoms with Crippen LogP contribution in [-0.2, 0) is 14.3 Å². The van der Waals surface area contributed by atoms with Gasteiger partial charge in [-0.05, 0) is 44.1 Å². The predicted molar refractivity (Wildman–Crippen MR) is 110 cm³/mol. The van der Waals surface area contributed by atoms with Gasteiger partial charge in [0.1, 0.15) is 0 Å². The van der Waals surface area contributed by atoms with E-state index in [1.807, 2.05) is 36.4 Å². The maximum absolute atomic E-state index is 12.7. The summed E-state index contributed by atoms with van der Waals surface area (Å²) < 4.78 is 4.81. The summed E-state index contributed by atoms with van der Waals surface area (Å²) in [5, 5.41) is 0. The highest BCUT2D eigenvalue weighted by Crippen LogP contribution is 2.08. The van der Waals surface area contributed by atoms with E-state index in [1.165, 1.54) is 7.11 Å². The first-order valence-corrected chi connectivity index (χ1v) is 9.84. The Morgan fingerprint density at radius 2 is 1.70 bits per heavy atom. The fourth-order valence-electron chi connectivity index (χ4n) is 2.91. The molecule has 0 aliphatic carbocycles. The Morgan fingerprint density at radius 3 is 2.30 bits per heavy atom. The van der Waals surface area contributed by atoms with Gasteiger partial charge in [-0.3, -0.25) is 9.59 Å². The quantitative estimate of drug-likeness (QED) is 0.319. The number of rotatable bonds is 12. The number of hydrogen-bond donors (Lipinski definition) is 0. The van der Waals surface area contributed by atoms with Crippen LogP contribution in [0.3, 0.4) is 0 Å². The largest absolute Gasteiger partial charge is 0.469 e. The molecule has 0 fully saturated rings. The molecule has 1 rings (SSSR count). The molecule has 1 amide bonds. The molecular weight excluding hydrogens is 340 g/mol. The smallest absolute Gasteiger partial charge is 0.310 e. The minimum atomic E-state index is -0.341. The van der Waals surface area contributed by atoms with Crippen molar-refractivity contribution in [1.82, 2.24) is 9.80 Å². The molecule has 1 aromatic rings. The van der Waals surface area contributed by atoms with Crippen LogP contribution >= 0.6 is 0 Å². The van der Waals surface area contributed by atoms with Gasteiger partial charge in [-0.25, -0.2) is 0 Å². The monoisotopic (exact) mass is 374 g/mol. The topological polar surface area (TPSA) is 49.9 Å². The lowest BCUT2D eigenvalue weighted by molar-refractivity contribution is -0.146. The number of hydrogen-bond acceptors (Lipinski definition) is 4. The number of nitrogens with zero attached hydrogens (tertiary/aromatic N) is 2. The van der Waals surface area contributed by atoms with Gasteiger partial charge in [0.05, 0.1) is 13.0 Å². The van der Waals surface area contributed by atoms with Gasteiger partial charge in [0.15, 0.2) is 0 Å². The highest BCUT2D eigenvalue weighted by atomic mass is 16.5. The van der Waals surface area contributed by atoms with Crippen molar-refractivity contribution in [2.24, 2.45) is 5.92 Å². The molecule has 27 heavy (non-hydrogen) atoms. The second-order valence-electron chi connectivity index (χ2n) is 6.69. The number of carbonyl (C=O) groups excluding carboxylic acids is 2. The lowest BCUT2D eigenvalue weighted by atomic mass is 10.1. The average molecular weight is 375 g/mol. The van der Waals surface area contributed by atoms with E-state index >= 15 is 0 Å². The molecule has 0 saturated heterocycles. The van der Waals surface area contributed by atoms with E-state index in [1.54, 1.807) is 17.9 Å². The zero-order valence-electron chi connectivity index (χ0n) is 17.2. The molecule has 1 unspecified atom stereocenters. The molecule has 5 heteroatoms. The molecular formula is C22H34N2O3. The van der Waals surface area contributed by atoms with E-state index in [2.05, 4.69) is 18.7 Å². The molecule has 0 radical (unpaired) electrons. The lowest BCUT2D eigenvalue weighted by Gasteiger charge is -2.25. The number of ether oxygens (including phenoxy) is 1. The zero-order valence-corrected chi connectivity index (χ0v) is 17.2. The van der Waals surface area contributed by atoms with Crippen molar-refractivity contribution in [3.05, 3.63) is 42.0 Å². The number of benzene rings is 1. The normalized spacial score (nSPS) is 12.3. The number of esters is 1. The van der Waals surface area contributed by atoms with Gasteiger partial charge >= 0.3 is 5.97 Å². The molecule has 1 aromatic carbocycles. The third-order valence-corrected chi connectivity index (χ3v) is 4.67. The minimum absolute atomic E-state index is 0.0718. The van der Waals surface area contributed by atoms with E-state index in [-0.39, 0.29) is 17.8 Å². The van der Waals surface area contributed by atoms with Gasteiger partial charge in [0.25, 0.3) is 0 Å². The Balaban J connectivity index is 2.67. The van der Waals surface area contributed by atoms with Crippen LogP contribution in [-0.4, -0.2) is 61.5 Å². The molecule has 150 valence electrons. The summed E-state index contributed by atoms with van der Waals surface area (Å²) in [6, 6.07) is 9.73. The van der Waals surface area contributed by atoms with Crippen LogP contribution in [0, 0.1) is 5.92 Å². The Kier molecular flexibility index (Phi) is 11.1. The fourth-order valence-corrected chi connectivity index (χ4v) is 2.91. The van der Waals surface area contributed by atoms with Gasteiger partial charge in [-0.1, -0.05) is 51.1 Å². The van der Waals surface area contributed by atoms with Crippen molar-refractivity contribution >= 4 is 18.0 Å². The van der Waals surface area contributed by atoms with Crippen LogP contribution in [0.2, 0.25) is 0 Å². The van der Waals surface area contributed by atoms with Crippen molar-refractivity contribution in [2.45, 2.75) is 33.6 Å². The number of amides is 1. The summed E-state index contributed by atoms with van der Waals surface area (Å²) >= 11 is 0. The van der Waals surface area contributed by atoms with E-state index in [0.29, 0.717) is 13.1 Å². The molecule has 0 aliphatic heterocycles. The molecule has 0 spiro atoms. The Hall–Kier alpha value is -2.14. The van der Waals surface area contributed by atoms with Crippen molar-refractivity contribution in [2.75, 3.05) is 39.8 Å². The summed E-state index contributed by atoms with van der Waals surface area (Å²) in [6.45, 7) is 10.2. The SMILES string of the molecule is CCN(CC)CCCCN(CC(C)C(=O)OC)C(=O)/C=C/c1ccccc1. The summed E-state index contributed by atoms with van der Waals surface area (Å²) in [5.41, 5.74) is 0.980. The number of methoxy groups -OCH3 is 1. The maximum Gasteiger partial charge on any atom is 0.310 e. The number of carbonyl (C=O) groups is 2. The summed E-state index contributed by atoms with van der Waals surface area (Å²) in [4.78, 5) is 28.6. The molecule has 0 aliphatic rings. The van der Waals surface area contributed by atoms with E-state index in [9.17, 15) is 9.59 Å². The van der Waals surface area contributed by atoms with Gasteiger partial charge in [-0.15, -0.1) is 0 Å². The third-order valence-electron chi connectivity index (χ3n) is 4.67. The molecule has 0 N–H and O–H groups in total. The maximum atomic E-state index is 12.7. The first kappa shape index (κ1) is 22.9. The summed E-state index contributed by atoms with van der Waals surface area (Å²) in [7, 11) is 1.38. The molecule has 0 bridgehead atoms. The first-order chi connectivity index (χ1) is 13.0. The van der Waals surface area contributed by atoms with Crippen LogP contribution in [0.15, 0.2) is 36.4 Å². The first-order valence-electron chi connectivity index (χ1n) is 9.84. The highest BCUT2D eigenvalue weighted by Gasteiger charge is 2.20. The Morgan fingerprint density at radius 1 is 1.07 bits per heavy atom. The average Bonchev–Trinajstić information content (AvgIpc) is 2.71. The second-order valence-corrected chi connectivity index (χ2v) is 6.69. The van der Waals surface area contributed by atoms with Crippen molar-refractivity contribution in [1.29, 1.82) is 0 Å². The zero-order chi connectivity index (χ0) is 20.1. The molecule has 0 saturated carbocycles. The van der Waals surface area contributed by atoms with Crippen molar-refractivity contribution in [3.63, 3.8) is 0 Å². The molecule has 0 heterocycles. The van der Waals surface area contributed by atoms with Crippen LogP contribution in [0.4, 0.5) is 0 Å². The molecule has 0 aromatic heterocycles. The van der Waals surface area contributed by atoms with Crippen LogP contribution < -0.4 is 0 Å². The summed E-state index contributed by atoms with van der Waals surface area (Å²) in [5.74, 6) is -0.702. The van der Waals surface area contributed by atoms with Crippen LogP contribution in [0.5, 0.6) is 0 Å². The predicted octanol–water partition coefficient (Wildman–Crippen LogP) is 3.46. The lowest BCUT2D eigenvalue weighted by Crippen LogP contribution is -2.37. The third kappa shape index (κ3) is 8.87. The number of unbranched alkanes of at least 4 members (excludes halogenated alkanes) is 1. The summed E-state index contributed by atoms with van der Waals surface area (Å²) in [6.07, 6.45) is 5.34. The van der Waals surface area contributed by atoms with Gasteiger partial charge in [0, 0.05) is 19.2 Å². The van der Waals surface area contributed by atoms with E-state index < -0.39 is 0 Å². The fraction of sp³-hybridized carbons (Fsp3) is 0.545. The minimum Gasteiger partial charge on any atom is -0.469 e. The molecule has 5 nitrogen and oxygen atoms in total. The van der Waals surface area contributed by atoms with Crippen molar-refractivity contribution in [3.8, 4) is 0 Å². The van der Waals surface area contributed by atoms with Crippen molar-refractivity contribution < 1.29 is 14.3 Å². The van der Waals surface area contributed by atoms with Gasteiger partial charge in [-0.2, -0.15) is 0 Å². The van der Waals surface area contributed by atoms with E-state index in [4.69, 9.17) is 4.74 Å². The highest BCUT2D eigenvalue weighted by molar-refractivity contribution is 5.92. The Bertz CT molecular complexity index is 582. The standard InChI is InChI=1S/C22H34N2O3/c1-5-23(6-2)16-10-11-17-24(18-19(3)22(26)27-4)21(25)15-14-20-12-8-7-9-13-20/h7-9,12-15,19H,5-6,10-11,16-18H2,1-4H3/b15-14+. The second kappa shape index (κ2) is 13.1. The molecule has 1 atom stereocenters. The van der Waals surface area contributed by atoms with Crippen LogP contribution in [0.25, 0.3) is 6.08 Å².